The van der Waals surface area contributed by atoms with Gasteiger partial charge in [0.15, 0.2) is 12.1 Å². The van der Waals surface area contributed by atoms with Crippen LogP contribution >= 0.6 is 23.5 Å². The highest BCUT2D eigenvalue weighted by molar-refractivity contribution is 7.99. The lowest BCUT2D eigenvalue weighted by molar-refractivity contribution is -0.310. The number of carbonyl (C=O) groups excluding carboxylic acids is 7. The molecular formula is C69H85N5O19S2. The second-order valence-electron chi connectivity index (χ2n) is 23.3. The van der Waals surface area contributed by atoms with E-state index in [4.69, 9.17) is 18.9 Å². The number of carboxylic acids is 1. The Hall–Kier alpha value is -7.44. The first kappa shape index (κ1) is 74.9. The fourth-order valence-corrected chi connectivity index (χ4v) is 12.6. The number of aliphatic hydroxyl groups is 6. The number of aliphatic carboxylic acids is 1. The molecule has 2 saturated heterocycles. The van der Waals surface area contributed by atoms with Gasteiger partial charge in [-0.1, -0.05) is 121 Å². The van der Waals surface area contributed by atoms with Crippen LogP contribution in [-0.4, -0.2) is 212 Å². The lowest BCUT2D eigenvalue weighted by Gasteiger charge is -2.46. The summed E-state index contributed by atoms with van der Waals surface area (Å²) in [6.07, 6.45) is -12.5. The second-order valence-corrected chi connectivity index (χ2v) is 25.8. The highest BCUT2D eigenvalue weighted by Gasteiger charge is 2.56. The van der Waals surface area contributed by atoms with Crippen LogP contribution in [0.1, 0.15) is 84.2 Å². The normalized spacial score (nSPS) is 22.2. The first-order valence-corrected chi connectivity index (χ1v) is 33.8. The molecule has 512 valence electrons. The smallest absolute Gasteiger partial charge is 0.364 e. The number of aliphatic hydroxyl groups excluding tert-OH is 6. The molecule has 7 rings (SSSR count). The van der Waals surface area contributed by atoms with Crippen molar-refractivity contribution in [1.82, 2.24) is 26.6 Å². The minimum absolute atomic E-state index is 0.00820. The summed E-state index contributed by atoms with van der Waals surface area (Å²) < 4.78 is 23.5. The maximum atomic E-state index is 13.0. The number of benzene rings is 5. The molecule has 0 radical (unpaired) electrons. The molecule has 0 bridgehead atoms. The number of thioether (sulfide) groups is 2. The third-order valence-electron chi connectivity index (χ3n) is 16.0. The van der Waals surface area contributed by atoms with Gasteiger partial charge in [-0.2, -0.15) is 23.5 Å². The number of hydrogen-bond acceptors (Lipinski definition) is 20. The average molecular weight is 1350 g/mol. The van der Waals surface area contributed by atoms with Crippen molar-refractivity contribution >= 4 is 71.1 Å². The summed E-state index contributed by atoms with van der Waals surface area (Å²) in [4.78, 5) is 101. The van der Waals surface area contributed by atoms with E-state index in [1.807, 2.05) is 97.1 Å². The number of hydrogen-bond donors (Lipinski definition) is 12. The summed E-state index contributed by atoms with van der Waals surface area (Å²) in [6.45, 7) is 1.61. The van der Waals surface area contributed by atoms with Crippen LogP contribution in [0.4, 0.5) is 0 Å². The molecular weight excluding hydrogens is 1270 g/mol. The van der Waals surface area contributed by atoms with Crippen LogP contribution < -0.4 is 26.6 Å². The van der Waals surface area contributed by atoms with Crippen LogP contribution in [-0.2, 0) is 60.6 Å². The molecule has 26 heteroatoms. The van der Waals surface area contributed by atoms with Gasteiger partial charge in [0.2, 0.25) is 29.4 Å². The monoisotopic (exact) mass is 1350 g/mol. The molecule has 2 fully saturated rings. The van der Waals surface area contributed by atoms with Crippen molar-refractivity contribution in [1.29, 1.82) is 0 Å². The Balaban J connectivity index is 0.758. The van der Waals surface area contributed by atoms with E-state index in [0.717, 1.165) is 34.7 Å². The SMILES string of the molecule is CC(=O)N[C@H]1[C@H]([C@H](O)[C@H](O)CNC(=O)Cc2ccc(-c3ccccc3)cc2)O[C@](C=O)(OCCCSCCNC(=O)c2ccc(C(=O)CCCSCCCO[C@]3(C(=O)O)C[C@H](O)[C@@H](NC(C)=O)[C@H]([C@H](O)[C@H](O)CNC(=O)Cc4ccc(-c5ccccc5)cc4)O3)cc2)C[C@@H]1O. The number of ether oxygens (including phenoxy) is 4. The van der Waals surface area contributed by atoms with Gasteiger partial charge in [-0.25, -0.2) is 4.79 Å². The lowest BCUT2D eigenvalue weighted by Crippen LogP contribution is -2.68. The van der Waals surface area contributed by atoms with Crippen molar-refractivity contribution in [3.63, 3.8) is 0 Å². The Morgan fingerprint density at radius 3 is 1.48 bits per heavy atom. The maximum absolute atomic E-state index is 13.0. The zero-order valence-corrected chi connectivity index (χ0v) is 54.6. The molecule has 2 aliphatic rings. The summed E-state index contributed by atoms with van der Waals surface area (Å²) in [5.41, 5.74) is 6.16. The number of amides is 5. The van der Waals surface area contributed by atoms with Crippen LogP contribution in [0, 0.1) is 0 Å². The Labute approximate surface area is 559 Å². The third-order valence-corrected chi connectivity index (χ3v) is 18.2. The molecule has 12 atom stereocenters. The molecule has 0 unspecified atom stereocenters. The molecule has 0 spiro atoms. The number of carbonyl (C=O) groups is 8. The number of ketones is 1. The minimum atomic E-state index is -2.47. The molecule has 12 N–H and O–H groups in total. The highest BCUT2D eigenvalue weighted by atomic mass is 32.2. The number of carboxylic acid groups (broad SMARTS) is 1. The summed E-state index contributed by atoms with van der Waals surface area (Å²) in [7, 11) is 0. The standard InChI is InChI=1S/C69H85N5O19S2/c1-43(76)73-60-54(79)38-68(42-75,92-64(60)62(85)56(81)40-71-58(83)36-45-17-21-49(22-18-45)47-12-5-3-6-13-47)90-30-10-34-95-35-29-70-66(87)52-27-25-51(26-28-52)53(78)16-9-32-94-33-11-31-91-69(67(88)89)39-55(80)61(74-44(2)77)65(93-69)63(86)57(82)41-72-59(84)37-46-19-23-50(24-20-46)48-14-7-4-8-15-48/h3-8,12-15,17-28,42,54-57,60-65,79-82,85-86H,9-11,16,29-41H2,1-2H3,(H,70,87)(H,71,83)(H,72,84)(H,73,76)(H,74,77)(H,88,89)/t54-,55-,56+,57+,60+,61+,62+,63+,64+,65+,68+,69+/m0/s1. The third kappa shape index (κ3) is 22.6. The summed E-state index contributed by atoms with van der Waals surface area (Å²) >= 11 is 2.99. The largest absolute Gasteiger partial charge is 0.477 e. The Morgan fingerprint density at radius 2 is 1.00 bits per heavy atom. The van der Waals surface area contributed by atoms with E-state index in [1.54, 1.807) is 36.4 Å². The molecule has 95 heavy (non-hydrogen) atoms. The average Bonchev–Trinajstić information content (AvgIpc) is 0.780. The van der Waals surface area contributed by atoms with Gasteiger partial charge in [0.1, 0.15) is 24.4 Å². The quantitative estimate of drug-likeness (QED) is 0.0154. The van der Waals surface area contributed by atoms with E-state index in [-0.39, 0.29) is 44.2 Å². The number of aldehydes is 1. The predicted octanol–water partition coefficient (Wildman–Crippen LogP) is 3.14. The van der Waals surface area contributed by atoms with Gasteiger partial charge < -0.3 is 81.3 Å². The molecule has 5 aromatic rings. The predicted molar refractivity (Wildman–Crippen MR) is 355 cm³/mol. The van der Waals surface area contributed by atoms with Gasteiger partial charge in [-0.3, -0.25) is 33.6 Å². The van der Waals surface area contributed by atoms with Crippen molar-refractivity contribution in [2.24, 2.45) is 0 Å². The molecule has 0 saturated carbocycles. The highest BCUT2D eigenvalue weighted by Crippen LogP contribution is 2.35. The first-order valence-electron chi connectivity index (χ1n) is 31.4. The number of Topliss-reactive ketones (excluding diaryl/α,β-unsaturated/α-hetero) is 1. The van der Waals surface area contributed by atoms with Crippen LogP contribution in [0.2, 0.25) is 0 Å². The van der Waals surface area contributed by atoms with Gasteiger partial charge >= 0.3 is 5.97 Å². The van der Waals surface area contributed by atoms with Gasteiger partial charge in [0, 0.05) is 69.6 Å². The van der Waals surface area contributed by atoms with Gasteiger partial charge in [0.25, 0.3) is 11.7 Å². The van der Waals surface area contributed by atoms with Gasteiger partial charge in [-0.05, 0) is 82.0 Å². The fourth-order valence-electron chi connectivity index (χ4n) is 11.0. The lowest BCUT2D eigenvalue weighted by atomic mass is 9.88. The summed E-state index contributed by atoms with van der Waals surface area (Å²) in [5, 5.41) is 90.2. The van der Waals surface area contributed by atoms with E-state index in [2.05, 4.69) is 26.6 Å². The topological polar surface area (TPSA) is 375 Å². The molecule has 5 amide bonds. The van der Waals surface area contributed by atoms with Crippen LogP contribution in [0.3, 0.4) is 0 Å². The first-order chi connectivity index (χ1) is 45.6. The molecule has 24 nitrogen and oxygen atoms in total. The van der Waals surface area contributed by atoms with Crippen LogP contribution in [0.15, 0.2) is 133 Å². The zero-order valence-electron chi connectivity index (χ0n) is 52.9. The minimum Gasteiger partial charge on any atom is -0.477 e. The summed E-state index contributed by atoms with van der Waals surface area (Å²) in [6, 6.07) is 37.9. The molecule has 2 aliphatic heterocycles. The molecule has 2 heterocycles. The maximum Gasteiger partial charge on any atom is 0.364 e. The Kier molecular flexibility index (Phi) is 29.3. The molecule has 0 aromatic heterocycles. The van der Waals surface area contributed by atoms with E-state index >= 15 is 0 Å². The second kappa shape index (κ2) is 37.2. The molecule has 5 aromatic carbocycles. The van der Waals surface area contributed by atoms with Crippen molar-refractivity contribution in [3.8, 4) is 22.3 Å². The van der Waals surface area contributed by atoms with Crippen molar-refractivity contribution < 1.29 is 93.0 Å². The summed E-state index contributed by atoms with van der Waals surface area (Å²) in [5.74, 6) is -6.55. The fraction of sp³-hybridized carbons (Fsp3) is 0.449. The Morgan fingerprint density at radius 1 is 0.558 bits per heavy atom. The van der Waals surface area contributed by atoms with E-state index in [9.17, 15) is 74.1 Å². The molecule has 0 aliphatic carbocycles. The Bertz CT molecular complexity index is 3300. The number of nitrogens with one attached hydrogen (secondary N) is 5. The van der Waals surface area contributed by atoms with Crippen LogP contribution in [0.25, 0.3) is 22.3 Å². The van der Waals surface area contributed by atoms with E-state index in [0.29, 0.717) is 71.8 Å². The van der Waals surface area contributed by atoms with Crippen LogP contribution in [0.5, 0.6) is 0 Å². The van der Waals surface area contributed by atoms with Crippen molar-refractivity contribution in [2.45, 2.75) is 138 Å². The van der Waals surface area contributed by atoms with Crippen molar-refractivity contribution in [2.75, 3.05) is 55.9 Å². The van der Waals surface area contributed by atoms with Crippen molar-refractivity contribution in [3.05, 3.63) is 156 Å². The van der Waals surface area contributed by atoms with Gasteiger partial charge in [-0.15, -0.1) is 0 Å². The van der Waals surface area contributed by atoms with E-state index < -0.39 is 128 Å². The van der Waals surface area contributed by atoms with Gasteiger partial charge in [0.05, 0.1) is 62.6 Å². The van der Waals surface area contributed by atoms with E-state index in [1.165, 1.54) is 30.4 Å². The zero-order chi connectivity index (χ0) is 68.5. The number of rotatable bonds is 37.